The number of benzene rings is 1. The van der Waals surface area contributed by atoms with Crippen molar-refractivity contribution in [1.29, 1.82) is 0 Å². The van der Waals surface area contributed by atoms with E-state index in [1.54, 1.807) is 12.3 Å². The minimum absolute atomic E-state index is 0.183. The molecule has 6 nitrogen and oxygen atoms in total. The molecular weight excluding hydrogens is 290 g/mol. The Morgan fingerprint density at radius 3 is 2.81 bits per heavy atom. The van der Waals surface area contributed by atoms with Crippen molar-refractivity contribution in [2.45, 2.75) is 6.61 Å². The van der Waals surface area contributed by atoms with Gasteiger partial charge in [0.1, 0.15) is 18.2 Å². The molecule has 0 spiro atoms. The summed E-state index contributed by atoms with van der Waals surface area (Å²) in [7, 11) is 0. The van der Waals surface area contributed by atoms with E-state index in [1.165, 1.54) is 0 Å². The van der Waals surface area contributed by atoms with Crippen LogP contribution in [0.2, 0.25) is 5.28 Å². The second-order valence-corrected chi connectivity index (χ2v) is 4.55. The zero-order valence-electron chi connectivity index (χ0n) is 11.0. The minimum Gasteiger partial charge on any atom is -0.487 e. The average Bonchev–Trinajstić information content (AvgIpc) is 2.94. The van der Waals surface area contributed by atoms with Gasteiger partial charge in [0, 0.05) is 12.3 Å². The number of aromatic nitrogens is 4. The lowest BCUT2D eigenvalue weighted by Gasteiger charge is -2.03. The summed E-state index contributed by atoms with van der Waals surface area (Å²) in [5, 5.41) is 10.2. The molecule has 0 fully saturated rings. The first-order valence-electron chi connectivity index (χ1n) is 6.27. The van der Waals surface area contributed by atoms with Gasteiger partial charge in [0.15, 0.2) is 5.82 Å². The van der Waals surface area contributed by atoms with Crippen molar-refractivity contribution in [2.75, 3.05) is 5.32 Å². The molecule has 0 atom stereocenters. The quantitative estimate of drug-likeness (QED) is 0.708. The number of aromatic amines is 1. The summed E-state index contributed by atoms with van der Waals surface area (Å²) in [6.45, 7) is 0.406. The number of hydrogen-bond acceptors (Lipinski definition) is 5. The first-order chi connectivity index (χ1) is 10.3. The minimum atomic E-state index is 0.183. The molecule has 0 bridgehead atoms. The molecule has 0 amide bonds. The van der Waals surface area contributed by atoms with Crippen LogP contribution in [0.15, 0.2) is 48.7 Å². The van der Waals surface area contributed by atoms with Gasteiger partial charge in [0.05, 0.1) is 5.69 Å². The van der Waals surface area contributed by atoms with Crippen LogP contribution in [0.4, 0.5) is 11.6 Å². The SMILES string of the molecule is Clc1nccc(Nc2cc(COc3ccccc3)[nH]n2)n1. The van der Waals surface area contributed by atoms with Crippen molar-refractivity contribution in [3.05, 3.63) is 59.6 Å². The Labute approximate surface area is 126 Å². The summed E-state index contributed by atoms with van der Waals surface area (Å²) in [5.41, 5.74) is 0.849. The van der Waals surface area contributed by atoms with E-state index in [4.69, 9.17) is 16.3 Å². The van der Waals surface area contributed by atoms with Crippen molar-refractivity contribution in [2.24, 2.45) is 0 Å². The third kappa shape index (κ3) is 3.70. The summed E-state index contributed by atoms with van der Waals surface area (Å²) < 4.78 is 5.63. The molecular formula is C14H12ClN5O. The fraction of sp³-hybridized carbons (Fsp3) is 0.0714. The molecule has 3 aromatic rings. The summed E-state index contributed by atoms with van der Waals surface area (Å²) >= 11 is 5.72. The van der Waals surface area contributed by atoms with Gasteiger partial charge in [-0.25, -0.2) is 9.97 Å². The number of ether oxygens (including phenoxy) is 1. The average molecular weight is 302 g/mol. The molecule has 0 radical (unpaired) electrons. The molecule has 0 saturated heterocycles. The van der Waals surface area contributed by atoms with Gasteiger partial charge in [-0.3, -0.25) is 5.10 Å². The van der Waals surface area contributed by atoms with Crippen LogP contribution in [0.3, 0.4) is 0 Å². The predicted octanol–water partition coefficient (Wildman–Crippen LogP) is 3.18. The smallest absolute Gasteiger partial charge is 0.224 e. The summed E-state index contributed by atoms with van der Waals surface area (Å²) in [6.07, 6.45) is 1.57. The Hall–Kier alpha value is -2.60. The van der Waals surface area contributed by atoms with Gasteiger partial charge in [-0.05, 0) is 29.8 Å². The van der Waals surface area contributed by atoms with Crippen LogP contribution >= 0.6 is 11.6 Å². The molecule has 0 aliphatic carbocycles. The normalized spacial score (nSPS) is 10.3. The molecule has 2 heterocycles. The maximum atomic E-state index is 5.72. The Balaban J connectivity index is 1.61. The third-order valence-electron chi connectivity index (χ3n) is 2.65. The maximum Gasteiger partial charge on any atom is 0.224 e. The molecule has 21 heavy (non-hydrogen) atoms. The van der Waals surface area contributed by atoms with Crippen LogP contribution in [0.25, 0.3) is 0 Å². The van der Waals surface area contributed by atoms with Crippen molar-refractivity contribution < 1.29 is 4.74 Å². The van der Waals surface area contributed by atoms with E-state index >= 15 is 0 Å². The molecule has 2 N–H and O–H groups in total. The lowest BCUT2D eigenvalue weighted by atomic mass is 10.3. The molecule has 0 aliphatic rings. The second-order valence-electron chi connectivity index (χ2n) is 4.22. The number of H-pyrrole nitrogens is 1. The molecule has 1 aromatic carbocycles. The van der Waals surface area contributed by atoms with Crippen LogP contribution in [-0.2, 0) is 6.61 Å². The Morgan fingerprint density at radius 1 is 1.14 bits per heavy atom. The summed E-state index contributed by atoms with van der Waals surface area (Å²) in [6, 6.07) is 13.1. The first-order valence-corrected chi connectivity index (χ1v) is 6.65. The number of halogens is 1. The van der Waals surface area contributed by atoms with Crippen LogP contribution in [-0.4, -0.2) is 20.2 Å². The van der Waals surface area contributed by atoms with Gasteiger partial charge < -0.3 is 10.1 Å². The van der Waals surface area contributed by atoms with Gasteiger partial charge in [0.25, 0.3) is 0 Å². The summed E-state index contributed by atoms with van der Waals surface area (Å²) in [5.74, 6) is 2.03. The van der Waals surface area contributed by atoms with Crippen LogP contribution in [0.1, 0.15) is 5.69 Å². The number of rotatable bonds is 5. The highest BCUT2D eigenvalue weighted by Gasteiger charge is 2.04. The highest BCUT2D eigenvalue weighted by Crippen LogP contribution is 2.15. The fourth-order valence-corrected chi connectivity index (χ4v) is 1.86. The Kier molecular flexibility index (Phi) is 3.97. The van der Waals surface area contributed by atoms with Crippen molar-refractivity contribution in [1.82, 2.24) is 20.2 Å². The van der Waals surface area contributed by atoms with Gasteiger partial charge in [0.2, 0.25) is 5.28 Å². The lowest BCUT2D eigenvalue weighted by Crippen LogP contribution is -1.95. The Bertz CT molecular complexity index is 716. The van der Waals surface area contributed by atoms with E-state index in [1.807, 2.05) is 36.4 Å². The number of nitrogens with one attached hydrogen (secondary N) is 2. The zero-order valence-corrected chi connectivity index (χ0v) is 11.7. The third-order valence-corrected chi connectivity index (χ3v) is 2.83. The van der Waals surface area contributed by atoms with Crippen LogP contribution < -0.4 is 10.1 Å². The highest BCUT2D eigenvalue weighted by molar-refractivity contribution is 6.28. The van der Waals surface area contributed by atoms with Crippen molar-refractivity contribution in [3.63, 3.8) is 0 Å². The van der Waals surface area contributed by atoms with Crippen molar-refractivity contribution >= 4 is 23.2 Å². The van der Waals surface area contributed by atoms with Crippen LogP contribution in [0.5, 0.6) is 5.75 Å². The van der Waals surface area contributed by atoms with E-state index in [9.17, 15) is 0 Å². The molecule has 7 heteroatoms. The largest absolute Gasteiger partial charge is 0.487 e. The monoisotopic (exact) mass is 301 g/mol. The maximum absolute atomic E-state index is 5.72. The molecule has 2 aromatic heterocycles. The van der Waals surface area contributed by atoms with E-state index in [-0.39, 0.29) is 5.28 Å². The lowest BCUT2D eigenvalue weighted by molar-refractivity contribution is 0.301. The number of nitrogens with zero attached hydrogens (tertiary/aromatic N) is 3. The molecule has 0 saturated carbocycles. The summed E-state index contributed by atoms with van der Waals surface area (Å²) in [4.78, 5) is 7.85. The van der Waals surface area contributed by atoms with E-state index in [2.05, 4.69) is 25.5 Å². The molecule has 3 rings (SSSR count). The van der Waals surface area contributed by atoms with Gasteiger partial charge in [-0.2, -0.15) is 5.10 Å². The zero-order chi connectivity index (χ0) is 14.5. The number of para-hydroxylation sites is 1. The standard InChI is InChI=1S/C14H12ClN5O/c15-14-16-7-6-12(18-14)17-13-8-10(19-20-13)9-21-11-4-2-1-3-5-11/h1-8H,9H2,(H2,16,17,18,19,20). The predicted molar refractivity (Wildman–Crippen MR) is 79.7 cm³/mol. The number of hydrogen-bond donors (Lipinski definition) is 2. The molecule has 106 valence electrons. The molecule has 0 aliphatic heterocycles. The number of anilines is 2. The van der Waals surface area contributed by atoms with Crippen LogP contribution in [0, 0.1) is 0 Å². The highest BCUT2D eigenvalue weighted by atomic mass is 35.5. The van der Waals surface area contributed by atoms with E-state index in [0.717, 1.165) is 11.4 Å². The molecule has 0 unspecified atom stereocenters. The second kappa shape index (κ2) is 6.23. The topological polar surface area (TPSA) is 75.7 Å². The first kappa shape index (κ1) is 13.4. The van der Waals surface area contributed by atoms with Gasteiger partial charge in [-0.15, -0.1) is 0 Å². The fourth-order valence-electron chi connectivity index (χ4n) is 1.71. The van der Waals surface area contributed by atoms with E-state index in [0.29, 0.717) is 18.2 Å². The van der Waals surface area contributed by atoms with Gasteiger partial charge >= 0.3 is 0 Å². The van der Waals surface area contributed by atoms with E-state index < -0.39 is 0 Å². The Morgan fingerprint density at radius 2 is 2.00 bits per heavy atom. The van der Waals surface area contributed by atoms with Crippen molar-refractivity contribution in [3.8, 4) is 5.75 Å². The van der Waals surface area contributed by atoms with Gasteiger partial charge in [-0.1, -0.05) is 18.2 Å².